The summed E-state index contributed by atoms with van der Waals surface area (Å²) in [6.45, 7) is 10.8. The second-order valence-electron chi connectivity index (χ2n) is 8.01. The first-order valence-electron chi connectivity index (χ1n) is 9.29. The van der Waals surface area contributed by atoms with Crippen LogP contribution >= 0.6 is 0 Å². The molecule has 2 fully saturated rings. The molecule has 2 rings (SSSR count). The molecule has 138 valence electrons. The molecule has 1 saturated heterocycles. The summed E-state index contributed by atoms with van der Waals surface area (Å²) in [4.78, 5) is 25.6. The van der Waals surface area contributed by atoms with Crippen molar-refractivity contribution in [2.24, 2.45) is 11.8 Å². The molecule has 2 atom stereocenters. The average molecular weight is 339 g/mol. The van der Waals surface area contributed by atoms with Crippen LogP contribution < -0.4 is 10.6 Å². The van der Waals surface area contributed by atoms with Gasteiger partial charge in [-0.15, -0.1) is 0 Å². The third-order valence-electron chi connectivity index (χ3n) is 4.66. The zero-order valence-corrected chi connectivity index (χ0v) is 15.6. The lowest BCUT2D eigenvalue weighted by molar-refractivity contribution is -0.122. The lowest BCUT2D eigenvalue weighted by atomic mass is 9.97. The van der Waals surface area contributed by atoms with E-state index in [1.165, 1.54) is 0 Å². The van der Waals surface area contributed by atoms with Gasteiger partial charge in [-0.25, -0.2) is 4.79 Å². The fourth-order valence-electron chi connectivity index (χ4n) is 3.19. The van der Waals surface area contributed by atoms with Crippen molar-refractivity contribution >= 4 is 12.0 Å². The summed E-state index contributed by atoms with van der Waals surface area (Å²) in [6, 6.07) is 0.371. The predicted octanol–water partition coefficient (Wildman–Crippen LogP) is 2.14. The predicted molar refractivity (Wildman–Crippen MR) is 93.7 cm³/mol. The summed E-state index contributed by atoms with van der Waals surface area (Å²) in [6.07, 6.45) is 3.89. The Hall–Kier alpha value is -1.30. The third-order valence-corrected chi connectivity index (χ3v) is 4.66. The second kappa shape index (κ2) is 8.19. The van der Waals surface area contributed by atoms with Gasteiger partial charge in [0.25, 0.3) is 0 Å². The molecule has 24 heavy (non-hydrogen) atoms. The van der Waals surface area contributed by atoms with Crippen molar-refractivity contribution in [3.63, 3.8) is 0 Å². The molecule has 0 aromatic rings. The maximum absolute atomic E-state index is 12.2. The number of amides is 2. The summed E-state index contributed by atoms with van der Waals surface area (Å²) < 4.78 is 5.46. The summed E-state index contributed by atoms with van der Waals surface area (Å²) in [7, 11) is 0. The van der Waals surface area contributed by atoms with Crippen LogP contribution in [0.5, 0.6) is 0 Å². The highest BCUT2D eigenvalue weighted by molar-refractivity contribution is 5.80. The summed E-state index contributed by atoms with van der Waals surface area (Å²) >= 11 is 0. The maximum Gasteiger partial charge on any atom is 0.410 e. The van der Waals surface area contributed by atoms with Crippen LogP contribution in [0.2, 0.25) is 0 Å². The zero-order valence-electron chi connectivity index (χ0n) is 15.6. The first-order chi connectivity index (χ1) is 11.3. The van der Waals surface area contributed by atoms with E-state index in [1.54, 1.807) is 0 Å². The van der Waals surface area contributed by atoms with Gasteiger partial charge in [0.15, 0.2) is 0 Å². The van der Waals surface area contributed by atoms with Crippen LogP contribution in [0.25, 0.3) is 0 Å². The first-order valence-corrected chi connectivity index (χ1v) is 9.29. The molecule has 0 aromatic heterocycles. The fourth-order valence-corrected chi connectivity index (χ4v) is 3.19. The highest BCUT2D eigenvalue weighted by Gasteiger charge is 2.33. The molecule has 0 radical (unpaired) electrons. The lowest BCUT2D eigenvalue weighted by Gasteiger charge is -2.26. The van der Waals surface area contributed by atoms with E-state index in [1.807, 2.05) is 25.7 Å². The quantitative estimate of drug-likeness (QED) is 0.697. The standard InChI is InChI=1S/C18H33N3O3/c1-5-15(19-9-10-20-16(22)13-6-7-13)14-8-11-21(12-14)17(23)24-18(2,3)4/h13-15,19H,5-12H2,1-4H3,(H,20,22). The SMILES string of the molecule is CCC(NCCNC(=O)C1CC1)C1CCN(C(=O)OC(C)(C)C)C1. The molecule has 2 amide bonds. The van der Waals surface area contributed by atoms with Gasteiger partial charge in [-0.3, -0.25) is 4.79 Å². The monoisotopic (exact) mass is 339 g/mol. The normalized spacial score (nSPS) is 22.3. The number of nitrogens with zero attached hydrogens (tertiary/aromatic N) is 1. The molecule has 0 aromatic carbocycles. The van der Waals surface area contributed by atoms with Crippen molar-refractivity contribution < 1.29 is 14.3 Å². The molecule has 0 bridgehead atoms. The van der Waals surface area contributed by atoms with Gasteiger partial charge < -0.3 is 20.3 Å². The molecule has 1 heterocycles. The minimum Gasteiger partial charge on any atom is -0.444 e. The Balaban J connectivity index is 1.69. The van der Waals surface area contributed by atoms with Gasteiger partial charge in [-0.2, -0.15) is 0 Å². The molecular weight excluding hydrogens is 306 g/mol. The number of nitrogens with one attached hydrogen (secondary N) is 2. The Morgan fingerprint density at radius 2 is 1.92 bits per heavy atom. The summed E-state index contributed by atoms with van der Waals surface area (Å²) in [5.41, 5.74) is -0.447. The first kappa shape index (κ1) is 19.0. The molecule has 2 aliphatic rings. The van der Waals surface area contributed by atoms with E-state index in [2.05, 4.69) is 17.6 Å². The van der Waals surface area contributed by atoms with E-state index in [0.29, 0.717) is 18.5 Å². The Morgan fingerprint density at radius 1 is 1.21 bits per heavy atom. The largest absolute Gasteiger partial charge is 0.444 e. The molecule has 1 aliphatic heterocycles. The summed E-state index contributed by atoms with van der Waals surface area (Å²) in [5.74, 6) is 0.910. The Kier molecular flexibility index (Phi) is 6.49. The number of hydrogen-bond acceptors (Lipinski definition) is 4. The molecule has 0 spiro atoms. The Bertz CT molecular complexity index is 443. The minimum atomic E-state index is -0.447. The van der Waals surface area contributed by atoms with Gasteiger partial charge in [0.2, 0.25) is 5.91 Å². The molecule has 1 aliphatic carbocycles. The Morgan fingerprint density at radius 3 is 2.50 bits per heavy atom. The topological polar surface area (TPSA) is 70.7 Å². The molecule has 2 unspecified atom stereocenters. The van der Waals surface area contributed by atoms with Gasteiger partial charge in [0, 0.05) is 38.1 Å². The second-order valence-corrected chi connectivity index (χ2v) is 8.01. The molecule has 6 nitrogen and oxygen atoms in total. The number of ether oxygens (including phenoxy) is 1. The van der Waals surface area contributed by atoms with Crippen molar-refractivity contribution in [1.29, 1.82) is 0 Å². The highest BCUT2D eigenvalue weighted by Crippen LogP contribution is 2.28. The molecule has 6 heteroatoms. The number of carbonyl (C=O) groups is 2. The highest BCUT2D eigenvalue weighted by atomic mass is 16.6. The van der Waals surface area contributed by atoms with Gasteiger partial charge >= 0.3 is 6.09 Å². The molecular formula is C18H33N3O3. The lowest BCUT2D eigenvalue weighted by Crippen LogP contribution is -2.42. The van der Waals surface area contributed by atoms with Crippen molar-refractivity contribution in [2.75, 3.05) is 26.2 Å². The van der Waals surface area contributed by atoms with Crippen molar-refractivity contribution in [3.8, 4) is 0 Å². The molecule has 1 saturated carbocycles. The minimum absolute atomic E-state index is 0.196. The number of rotatable bonds is 7. The average Bonchev–Trinajstić information content (AvgIpc) is 3.23. The third kappa shape index (κ3) is 5.96. The van der Waals surface area contributed by atoms with Crippen molar-refractivity contribution in [1.82, 2.24) is 15.5 Å². The van der Waals surface area contributed by atoms with Crippen LogP contribution in [0.3, 0.4) is 0 Å². The van der Waals surface area contributed by atoms with E-state index < -0.39 is 5.60 Å². The number of hydrogen-bond donors (Lipinski definition) is 2. The van der Waals surface area contributed by atoms with E-state index >= 15 is 0 Å². The van der Waals surface area contributed by atoms with E-state index in [9.17, 15) is 9.59 Å². The summed E-state index contributed by atoms with van der Waals surface area (Å²) in [5, 5.41) is 6.52. The van der Waals surface area contributed by atoms with Crippen LogP contribution in [-0.2, 0) is 9.53 Å². The number of likely N-dealkylation sites (tertiary alicyclic amines) is 1. The smallest absolute Gasteiger partial charge is 0.410 e. The van der Waals surface area contributed by atoms with Crippen LogP contribution in [0, 0.1) is 11.8 Å². The van der Waals surface area contributed by atoms with Crippen molar-refractivity contribution in [3.05, 3.63) is 0 Å². The molecule has 2 N–H and O–H groups in total. The van der Waals surface area contributed by atoms with Crippen LogP contribution in [0.1, 0.15) is 53.4 Å². The van der Waals surface area contributed by atoms with E-state index in [0.717, 1.165) is 45.3 Å². The Labute approximate surface area is 145 Å². The van der Waals surface area contributed by atoms with Crippen LogP contribution in [0.15, 0.2) is 0 Å². The van der Waals surface area contributed by atoms with E-state index in [4.69, 9.17) is 4.74 Å². The van der Waals surface area contributed by atoms with Gasteiger partial charge in [-0.05, 0) is 52.4 Å². The zero-order chi connectivity index (χ0) is 17.7. The van der Waals surface area contributed by atoms with Gasteiger partial charge in [-0.1, -0.05) is 6.92 Å². The number of carbonyl (C=O) groups excluding carboxylic acids is 2. The van der Waals surface area contributed by atoms with Gasteiger partial charge in [0.1, 0.15) is 5.60 Å². The fraction of sp³-hybridized carbons (Fsp3) is 0.889. The maximum atomic E-state index is 12.2. The van der Waals surface area contributed by atoms with Crippen LogP contribution in [-0.4, -0.2) is 54.7 Å². The van der Waals surface area contributed by atoms with E-state index in [-0.39, 0.29) is 17.9 Å². The van der Waals surface area contributed by atoms with Gasteiger partial charge in [0.05, 0.1) is 0 Å². The van der Waals surface area contributed by atoms with Crippen molar-refractivity contribution in [2.45, 2.75) is 65.0 Å². The van der Waals surface area contributed by atoms with Crippen LogP contribution in [0.4, 0.5) is 4.79 Å².